The van der Waals surface area contributed by atoms with Gasteiger partial charge in [-0.25, -0.2) is 0 Å². The first-order chi connectivity index (χ1) is 14.4. The van der Waals surface area contributed by atoms with Gasteiger partial charge in [0.15, 0.2) is 0 Å². The van der Waals surface area contributed by atoms with Crippen molar-refractivity contribution in [3.05, 3.63) is 65.2 Å². The average molecular weight is 410 g/mol. The first-order valence-electron chi connectivity index (χ1n) is 9.71. The smallest absolute Gasteiger partial charge is 0.295 e. The zero-order valence-corrected chi connectivity index (χ0v) is 17.6. The van der Waals surface area contributed by atoms with E-state index in [0.717, 1.165) is 4.90 Å². The third-order valence-electron chi connectivity index (χ3n) is 5.14. The van der Waals surface area contributed by atoms with Crippen LogP contribution in [-0.2, 0) is 9.59 Å². The van der Waals surface area contributed by atoms with Crippen molar-refractivity contribution < 1.29 is 29.1 Å². The van der Waals surface area contributed by atoms with Crippen LogP contribution in [0.1, 0.15) is 17.2 Å². The molecule has 2 aromatic carbocycles. The Balaban J connectivity index is 2.13. The van der Waals surface area contributed by atoms with Crippen molar-refractivity contribution in [1.82, 2.24) is 4.90 Å². The molecule has 1 unspecified atom stereocenters. The lowest BCUT2D eigenvalue weighted by atomic mass is 9.95. The minimum atomic E-state index is -0.756. The van der Waals surface area contributed by atoms with Crippen LogP contribution in [0.15, 0.2) is 54.1 Å². The largest absolute Gasteiger partial charge is 0.872 e. The van der Waals surface area contributed by atoms with Crippen LogP contribution in [0, 0.1) is 0 Å². The van der Waals surface area contributed by atoms with Crippen molar-refractivity contribution in [2.45, 2.75) is 6.04 Å². The summed E-state index contributed by atoms with van der Waals surface area (Å²) in [5.74, 6) is -0.666. The molecule has 7 heteroatoms. The van der Waals surface area contributed by atoms with Gasteiger partial charge in [0.05, 0.1) is 47.4 Å². The molecule has 1 N–H and O–H groups in total. The number of nitrogens with zero attached hydrogens (tertiary/aromatic N) is 1. The van der Waals surface area contributed by atoms with Crippen molar-refractivity contribution >= 4 is 17.4 Å². The number of amides is 1. The van der Waals surface area contributed by atoms with Crippen LogP contribution < -0.4 is 19.5 Å². The number of hydrogen-bond acceptors (Lipinski definition) is 5. The summed E-state index contributed by atoms with van der Waals surface area (Å²) in [7, 11) is 7.02. The molecule has 0 aromatic heterocycles. The molecule has 0 spiro atoms. The van der Waals surface area contributed by atoms with Crippen LogP contribution in [0.2, 0.25) is 0 Å². The highest BCUT2D eigenvalue weighted by atomic mass is 16.5. The Morgan fingerprint density at radius 2 is 1.70 bits per heavy atom. The Labute approximate surface area is 176 Å². The van der Waals surface area contributed by atoms with E-state index in [0.29, 0.717) is 35.7 Å². The molecule has 1 aliphatic rings. The van der Waals surface area contributed by atoms with Gasteiger partial charge in [-0.1, -0.05) is 30.0 Å². The second-order valence-corrected chi connectivity index (χ2v) is 7.44. The number of methoxy groups -OCH3 is 2. The fourth-order valence-electron chi connectivity index (χ4n) is 3.50. The van der Waals surface area contributed by atoms with Gasteiger partial charge in [0.2, 0.25) is 5.78 Å². The molecular weight excluding hydrogens is 384 g/mol. The average Bonchev–Trinajstić information content (AvgIpc) is 3.02. The van der Waals surface area contributed by atoms with Gasteiger partial charge in [-0.05, 0) is 35.4 Å². The van der Waals surface area contributed by atoms with Crippen molar-refractivity contribution in [3.8, 4) is 11.5 Å². The summed E-state index contributed by atoms with van der Waals surface area (Å²) >= 11 is 0. The minimum absolute atomic E-state index is 0.0350. The predicted molar refractivity (Wildman–Crippen MR) is 110 cm³/mol. The zero-order chi connectivity index (χ0) is 21.8. The Kier molecular flexibility index (Phi) is 6.42. The highest BCUT2D eigenvalue weighted by Crippen LogP contribution is 2.39. The van der Waals surface area contributed by atoms with Gasteiger partial charge in [0.1, 0.15) is 11.5 Å². The molecule has 1 heterocycles. The van der Waals surface area contributed by atoms with E-state index < -0.39 is 23.5 Å². The lowest BCUT2D eigenvalue weighted by Gasteiger charge is -2.28. The molecule has 0 radical (unpaired) electrons. The van der Waals surface area contributed by atoms with Crippen LogP contribution >= 0.6 is 0 Å². The highest BCUT2D eigenvalue weighted by Gasteiger charge is 2.44. The molecule has 0 bridgehead atoms. The fraction of sp³-hybridized carbons (Fsp3) is 0.304. The van der Waals surface area contributed by atoms with Gasteiger partial charge in [0, 0.05) is 5.57 Å². The summed E-state index contributed by atoms with van der Waals surface area (Å²) in [5.41, 5.74) is 0.964. The van der Waals surface area contributed by atoms with Crippen molar-refractivity contribution in [2.75, 3.05) is 41.4 Å². The van der Waals surface area contributed by atoms with Crippen LogP contribution in [0.25, 0.3) is 5.76 Å². The SMILES string of the molecule is COc1ccc(/C([O-])=C2\C(=O)C(=O)N(CC[NH+](C)C)C2c2cccc(OC)c2)cc1. The maximum Gasteiger partial charge on any atom is 0.295 e. The van der Waals surface area contributed by atoms with E-state index in [2.05, 4.69) is 0 Å². The Bertz CT molecular complexity index is 966. The third-order valence-corrected chi connectivity index (χ3v) is 5.14. The van der Waals surface area contributed by atoms with Crippen molar-refractivity contribution in [1.29, 1.82) is 0 Å². The lowest BCUT2D eigenvalue weighted by molar-refractivity contribution is -0.857. The molecule has 1 saturated heterocycles. The van der Waals surface area contributed by atoms with Crippen LogP contribution in [-0.4, -0.2) is 58.0 Å². The third kappa shape index (κ3) is 4.16. The van der Waals surface area contributed by atoms with Crippen LogP contribution in [0.4, 0.5) is 0 Å². The van der Waals surface area contributed by atoms with E-state index in [1.165, 1.54) is 12.0 Å². The summed E-state index contributed by atoms with van der Waals surface area (Å²) in [6, 6.07) is 12.9. The van der Waals surface area contributed by atoms with Crippen molar-refractivity contribution in [3.63, 3.8) is 0 Å². The van der Waals surface area contributed by atoms with E-state index in [4.69, 9.17) is 9.47 Å². The normalized spacial score (nSPS) is 18.2. The lowest BCUT2D eigenvalue weighted by Crippen LogP contribution is -3.06. The molecule has 1 fully saturated rings. The summed E-state index contributed by atoms with van der Waals surface area (Å²) in [6.07, 6.45) is 0. The molecular formula is C23H26N2O5. The van der Waals surface area contributed by atoms with E-state index in [1.54, 1.807) is 55.6 Å². The van der Waals surface area contributed by atoms with Gasteiger partial charge in [-0.15, -0.1) is 0 Å². The number of quaternary nitrogens is 1. The Hall–Kier alpha value is -3.32. The number of benzene rings is 2. The first-order valence-corrected chi connectivity index (χ1v) is 9.71. The number of Topliss-reactive ketones (excluding diaryl/α,β-unsaturated/α-hetero) is 1. The number of ether oxygens (including phenoxy) is 2. The summed E-state index contributed by atoms with van der Waals surface area (Å²) in [4.78, 5) is 28.4. The van der Waals surface area contributed by atoms with E-state index in [-0.39, 0.29) is 5.57 Å². The van der Waals surface area contributed by atoms with Gasteiger partial charge in [0.25, 0.3) is 5.91 Å². The number of rotatable bonds is 7. The molecule has 1 atom stereocenters. The Morgan fingerprint density at radius 1 is 1.03 bits per heavy atom. The number of ketones is 1. The number of likely N-dealkylation sites (N-methyl/N-ethyl adjacent to an activating group) is 1. The van der Waals surface area contributed by atoms with Crippen LogP contribution in [0.5, 0.6) is 11.5 Å². The highest BCUT2D eigenvalue weighted by molar-refractivity contribution is 6.46. The number of likely N-dealkylation sites (tertiary alicyclic amines) is 1. The maximum absolute atomic E-state index is 13.3. The topological polar surface area (TPSA) is 83.3 Å². The van der Waals surface area contributed by atoms with Crippen LogP contribution in [0.3, 0.4) is 0 Å². The zero-order valence-electron chi connectivity index (χ0n) is 17.6. The molecule has 0 aliphatic carbocycles. The summed E-state index contributed by atoms with van der Waals surface area (Å²) in [6.45, 7) is 0.998. The summed E-state index contributed by atoms with van der Waals surface area (Å²) < 4.78 is 10.4. The van der Waals surface area contributed by atoms with Gasteiger partial charge in [-0.3, -0.25) is 9.59 Å². The quantitative estimate of drug-likeness (QED) is 0.397. The van der Waals surface area contributed by atoms with E-state index in [1.807, 2.05) is 14.1 Å². The van der Waals surface area contributed by atoms with Gasteiger partial charge < -0.3 is 24.4 Å². The molecule has 158 valence electrons. The van der Waals surface area contributed by atoms with E-state index in [9.17, 15) is 14.7 Å². The first kappa shape index (κ1) is 21.4. The van der Waals surface area contributed by atoms with Gasteiger partial charge >= 0.3 is 0 Å². The number of nitrogens with one attached hydrogen (secondary N) is 1. The second kappa shape index (κ2) is 9.00. The fourth-order valence-corrected chi connectivity index (χ4v) is 3.50. The molecule has 1 amide bonds. The second-order valence-electron chi connectivity index (χ2n) is 7.44. The Morgan fingerprint density at radius 3 is 2.30 bits per heavy atom. The predicted octanol–water partition coefficient (Wildman–Crippen LogP) is 0.0723. The molecule has 7 nitrogen and oxygen atoms in total. The van der Waals surface area contributed by atoms with E-state index >= 15 is 0 Å². The molecule has 1 aliphatic heterocycles. The number of hydrogen-bond donors (Lipinski definition) is 1. The molecule has 0 saturated carbocycles. The van der Waals surface area contributed by atoms with Crippen molar-refractivity contribution in [2.24, 2.45) is 0 Å². The standard InChI is InChI=1S/C23H26N2O5/c1-24(2)12-13-25-20(16-6-5-7-18(14-16)30-4)19(22(27)23(25)28)21(26)15-8-10-17(29-3)11-9-15/h5-11,14,20,26H,12-13H2,1-4H3/b21-19+. The molecule has 3 rings (SSSR count). The minimum Gasteiger partial charge on any atom is -0.872 e. The number of carbonyl (C=O) groups is 2. The monoisotopic (exact) mass is 410 g/mol. The summed E-state index contributed by atoms with van der Waals surface area (Å²) in [5, 5.41) is 13.3. The molecule has 30 heavy (non-hydrogen) atoms. The number of carbonyl (C=O) groups excluding carboxylic acids is 2. The van der Waals surface area contributed by atoms with Gasteiger partial charge in [-0.2, -0.15) is 0 Å². The maximum atomic E-state index is 13.3. The molecule has 2 aromatic rings.